The summed E-state index contributed by atoms with van der Waals surface area (Å²) in [6, 6.07) is 9.24. The minimum Gasteiger partial charge on any atom is -0.493 e. The molecule has 7 heteroatoms. The number of aryl methyl sites for hydroxylation is 1. The highest BCUT2D eigenvalue weighted by Gasteiger charge is 2.17. The first-order valence-electron chi connectivity index (χ1n) is 9.08. The second kappa shape index (κ2) is 7.26. The summed E-state index contributed by atoms with van der Waals surface area (Å²) in [7, 11) is 1.57. The molecular formula is C20H22N4O3. The quantitative estimate of drug-likeness (QED) is 0.747. The van der Waals surface area contributed by atoms with E-state index >= 15 is 0 Å². The Labute approximate surface area is 157 Å². The Hall–Kier alpha value is -3.09. The van der Waals surface area contributed by atoms with Crippen molar-refractivity contribution >= 4 is 22.7 Å². The number of nitrogens with zero attached hydrogens (tertiary/aromatic N) is 3. The summed E-state index contributed by atoms with van der Waals surface area (Å²) in [6.45, 7) is 4.22. The number of benzene rings is 1. The predicted octanol–water partition coefficient (Wildman–Crippen LogP) is 3.07. The van der Waals surface area contributed by atoms with Crippen molar-refractivity contribution in [3.8, 4) is 5.75 Å². The smallest absolute Gasteiger partial charge is 0.287 e. The Bertz CT molecular complexity index is 977. The molecular weight excluding hydrogens is 344 g/mol. The lowest BCUT2D eigenvalue weighted by molar-refractivity contribution is 0.0924. The van der Waals surface area contributed by atoms with Crippen LogP contribution in [-0.2, 0) is 6.54 Å². The summed E-state index contributed by atoms with van der Waals surface area (Å²) in [5.41, 5.74) is 1.46. The van der Waals surface area contributed by atoms with Crippen molar-refractivity contribution in [2.45, 2.75) is 26.3 Å². The fourth-order valence-corrected chi connectivity index (χ4v) is 3.35. The summed E-state index contributed by atoms with van der Waals surface area (Å²) in [4.78, 5) is 23.8. The summed E-state index contributed by atoms with van der Waals surface area (Å²) in [5, 5.41) is 3.66. The SMILES string of the molecule is COc1cccc2cc(C(=O)NCc3nc(C)cc(N4CCCC4)n3)oc12. The van der Waals surface area contributed by atoms with E-state index in [9.17, 15) is 4.79 Å². The summed E-state index contributed by atoms with van der Waals surface area (Å²) in [6.07, 6.45) is 2.37. The molecule has 1 aliphatic heterocycles. The van der Waals surface area contributed by atoms with Crippen molar-refractivity contribution in [3.63, 3.8) is 0 Å². The van der Waals surface area contributed by atoms with Crippen molar-refractivity contribution in [1.82, 2.24) is 15.3 Å². The summed E-state index contributed by atoms with van der Waals surface area (Å²) >= 11 is 0. The number of methoxy groups -OCH3 is 1. The van der Waals surface area contributed by atoms with E-state index in [-0.39, 0.29) is 18.2 Å². The van der Waals surface area contributed by atoms with Crippen molar-refractivity contribution in [2.75, 3.05) is 25.1 Å². The average Bonchev–Trinajstić information content (AvgIpc) is 3.35. The van der Waals surface area contributed by atoms with Crippen LogP contribution in [0, 0.1) is 6.92 Å². The fraction of sp³-hybridized carbons (Fsp3) is 0.350. The maximum Gasteiger partial charge on any atom is 0.287 e. The van der Waals surface area contributed by atoms with Gasteiger partial charge in [0.2, 0.25) is 0 Å². The predicted molar refractivity (Wildman–Crippen MR) is 102 cm³/mol. The van der Waals surface area contributed by atoms with E-state index in [2.05, 4.69) is 20.2 Å². The number of hydrogen-bond donors (Lipinski definition) is 1. The molecule has 0 bridgehead atoms. The fourth-order valence-electron chi connectivity index (χ4n) is 3.35. The van der Waals surface area contributed by atoms with Gasteiger partial charge in [-0.3, -0.25) is 4.79 Å². The first-order valence-corrected chi connectivity index (χ1v) is 9.08. The maximum atomic E-state index is 12.5. The van der Waals surface area contributed by atoms with Crippen LogP contribution >= 0.6 is 0 Å². The molecule has 7 nitrogen and oxygen atoms in total. The third-order valence-corrected chi connectivity index (χ3v) is 4.68. The standard InChI is InChI=1S/C20H22N4O3/c1-13-10-18(24-8-3-4-9-24)23-17(22-13)12-21-20(25)16-11-14-6-5-7-15(26-2)19(14)27-16/h5-7,10-11H,3-4,8-9,12H2,1-2H3,(H,21,25). The van der Waals surface area contributed by atoms with Crippen LogP contribution in [0.3, 0.4) is 0 Å². The Morgan fingerprint density at radius 2 is 2.07 bits per heavy atom. The van der Waals surface area contributed by atoms with Crippen molar-refractivity contribution in [3.05, 3.63) is 47.6 Å². The molecule has 27 heavy (non-hydrogen) atoms. The molecule has 0 atom stereocenters. The van der Waals surface area contributed by atoms with E-state index in [4.69, 9.17) is 9.15 Å². The lowest BCUT2D eigenvalue weighted by Crippen LogP contribution is -2.25. The highest BCUT2D eigenvalue weighted by Crippen LogP contribution is 2.28. The van der Waals surface area contributed by atoms with Crippen LogP contribution in [-0.4, -0.2) is 36.1 Å². The number of carbonyl (C=O) groups is 1. The van der Waals surface area contributed by atoms with E-state index in [0.717, 1.165) is 30.0 Å². The van der Waals surface area contributed by atoms with Crippen molar-refractivity contribution < 1.29 is 13.9 Å². The number of furan rings is 1. The largest absolute Gasteiger partial charge is 0.493 e. The van der Waals surface area contributed by atoms with Gasteiger partial charge in [-0.15, -0.1) is 0 Å². The van der Waals surface area contributed by atoms with Crippen LogP contribution in [0.5, 0.6) is 5.75 Å². The molecule has 0 radical (unpaired) electrons. The number of anilines is 1. The molecule has 2 aromatic heterocycles. The topological polar surface area (TPSA) is 80.5 Å². The first kappa shape index (κ1) is 17.3. The highest BCUT2D eigenvalue weighted by molar-refractivity contribution is 5.97. The number of fused-ring (bicyclic) bond motifs is 1. The molecule has 1 saturated heterocycles. The van der Waals surface area contributed by atoms with Gasteiger partial charge in [0.15, 0.2) is 17.1 Å². The van der Waals surface area contributed by atoms with E-state index in [0.29, 0.717) is 17.2 Å². The summed E-state index contributed by atoms with van der Waals surface area (Å²) in [5.74, 6) is 2.06. The van der Waals surface area contributed by atoms with E-state index in [1.807, 2.05) is 25.1 Å². The molecule has 0 saturated carbocycles. The van der Waals surface area contributed by atoms with Crippen molar-refractivity contribution in [1.29, 1.82) is 0 Å². The number of rotatable bonds is 5. The molecule has 0 spiro atoms. The average molecular weight is 366 g/mol. The van der Waals surface area contributed by atoms with Crippen LogP contribution in [0.15, 0.2) is 34.7 Å². The minimum atomic E-state index is -0.305. The van der Waals surface area contributed by atoms with Gasteiger partial charge in [0.05, 0.1) is 13.7 Å². The van der Waals surface area contributed by atoms with Crippen LogP contribution in [0.1, 0.15) is 34.9 Å². The summed E-state index contributed by atoms with van der Waals surface area (Å²) < 4.78 is 11.0. The molecule has 1 fully saturated rings. The Balaban J connectivity index is 1.49. The zero-order chi connectivity index (χ0) is 18.8. The van der Waals surface area contributed by atoms with Gasteiger partial charge in [0.1, 0.15) is 11.6 Å². The van der Waals surface area contributed by atoms with Gasteiger partial charge >= 0.3 is 0 Å². The molecule has 3 aromatic rings. The van der Waals surface area contributed by atoms with Crippen LogP contribution in [0.2, 0.25) is 0 Å². The molecule has 0 unspecified atom stereocenters. The minimum absolute atomic E-state index is 0.238. The molecule has 1 aromatic carbocycles. The zero-order valence-electron chi connectivity index (χ0n) is 15.5. The van der Waals surface area contributed by atoms with Gasteiger partial charge in [0.25, 0.3) is 5.91 Å². The third kappa shape index (κ3) is 3.58. The van der Waals surface area contributed by atoms with Gasteiger partial charge in [-0.05, 0) is 31.9 Å². The molecule has 1 amide bonds. The van der Waals surface area contributed by atoms with E-state index in [1.165, 1.54) is 12.8 Å². The highest BCUT2D eigenvalue weighted by atomic mass is 16.5. The Kier molecular flexibility index (Phi) is 4.66. The van der Waals surface area contributed by atoms with Gasteiger partial charge in [-0.25, -0.2) is 9.97 Å². The lowest BCUT2D eigenvalue weighted by Gasteiger charge is -2.17. The Morgan fingerprint density at radius 1 is 1.26 bits per heavy atom. The van der Waals surface area contributed by atoms with Crippen LogP contribution in [0.4, 0.5) is 5.82 Å². The van der Waals surface area contributed by atoms with Crippen molar-refractivity contribution in [2.24, 2.45) is 0 Å². The number of nitrogens with one attached hydrogen (secondary N) is 1. The van der Waals surface area contributed by atoms with Gasteiger partial charge in [-0.1, -0.05) is 12.1 Å². The number of ether oxygens (including phenoxy) is 1. The normalized spacial score (nSPS) is 13.9. The first-order chi connectivity index (χ1) is 13.1. The number of para-hydroxylation sites is 1. The maximum absolute atomic E-state index is 12.5. The monoisotopic (exact) mass is 366 g/mol. The molecule has 1 aliphatic rings. The van der Waals surface area contributed by atoms with Gasteiger partial charge in [0, 0.05) is 30.2 Å². The van der Waals surface area contributed by atoms with Gasteiger partial charge in [-0.2, -0.15) is 0 Å². The molecule has 3 heterocycles. The van der Waals surface area contributed by atoms with Gasteiger partial charge < -0.3 is 19.4 Å². The second-order valence-electron chi connectivity index (χ2n) is 6.65. The van der Waals surface area contributed by atoms with E-state index < -0.39 is 0 Å². The van der Waals surface area contributed by atoms with Crippen LogP contribution in [0.25, 0.3) is 11.0 Å². The number of aromatic nitrogens is 2. The number of amides is 1. The second-order valence-corrected chi connectivity index (χ2v) is 6.65. The third-order valence-electron chi connectivity index (χ3n) is 4.68. The van der Waals surface area contributed by atoms with E-state index in [1.54, 1.807) is 19.2 Å². The molecule has 0 aliphatic carbocycles. The zero-order valence-corrected chi connectivity index (χ0v) is 15.5. The van der Waals surface area contributed by atoms with Crippen LogP contribution < -0.4 is 15.0 Å². The molecule has 140 valence electrons. The number of hydrogen-bond acceptors (Lipinski definition) is 6. The lowest BCUT2D eigenvalue weighted by atomic mass is 10.2. The Morgan fingerprint density at radius 3 is 2.85 bits per heavy atom. The number of carbonyl (C=O) groups excluding carboxylic acids is 1. The molecule has 4 rings (SSSR count). The molecule has 1 N–H and O–H groups in total.